The molecule has 0 unspecified atom stereocenters. The summed E-state index contributed by atoms with van der Waals surface area (Å²) < 4.78 is 0. The zero-order valence-corrected chi connectivity index (χ0v) is 19.1. The van der Waals surface area contributed by atoms with Gasteiger partial charge in [-0.25, -0.2) is 0 Å². The van der Waals surface area contributed by atoms with Crippen LogP contribution in [0.25, 0.3) is 0 Å². The zero-order chi connectivity index (χ0) is 21.4. The summed E-state index contributed by atoms with van der Waals surface area (Å²) in [6.07, 6.45) is 7.17. The van der Waals surface area contributed by atoms with Crippen LogP contribution in [0.2, 0.25) is 0 Å². The van der Waals surface area contributed by atoms with Gasteiger partial charge in [0, 0.05) is 44.8 Å². The number of likely N-dealkylation sites (tertiary alicyclic amines) is 2. The number of rotatable bonds is 3. The predicted molar refractivity (Wildman–Crippen MR) is 122 cm³/mol. The molecule has 0 spiro atoms. The minimum Gasteiger partial charge on any atom is -0.388 e. The fourth-order valence-corrected chi connectivity index (χ4v) is 6.21. The number of piperidine rings is 2. The number of fused-ring (bicyclic) bond motifs is 1. The summed E-state index contributed by atoms with van der Waals surface area (Å²) >= 11 is 0. The van der Waals surface area contributed by atoms with Crippen molar-refractivity contribution in [1.82, 2.24) is 9.80 Å². The molecule has 2 atom stereocenters. The summed E-state index contributed by atoms with van der Waals surface area (Å²) in [6.45, 7) is 10.6. The number of amides is 1. The average Bonchev–Trinajstić information content (AvgIpc) is 2.88. The maximum Gasteiger partial charge on any atom is 0.219 e. The molecule has 1 amide bonds. The van der Waals surface area contributed by atoms with Gasteiger partial charge in [0.25, 0.3) is 0 Å². The third-order valence-electron chi connectivity index (χ3n) is 7.98. The number of hydrogen-bond donors (Lipinski definition) is 1. The number of benzene rings is 1. The Hall–Kier alpha value is -1.59. The van der Waals surface area contributed by atoms with Gasteiger partial charge in [0.15, 0.2) is 0 Å². The molecule has 5 nitrogen and oxygen atoms in total. The van der Waals surface area contributed by atoms with E-state index in [-0.39, 0.29) is 11.4 Å². The van der Waals surface area contributed by atoms with E-state index in [0.717, 1.165) is 71.2 Å². The molecule has 0 aliphatic carbocycles. The fraction of sp³-hybridized carbons (Fsp3) is 0.720. The van der Waals surface area contributed by atoms with Gasteiger partial charge >= 0.3 is 0 Å². The number of hydrogen-bond acceptors (Lipinski definition) is 4. The highest BCUT2D eigenvalue weighted by atomic mass is 16.3. The molecule has 1 aromatic carbocycles. The lowest BCUT2D eigenvalue weighted by atomic mass is 9.78. The number of carbonyl (C=O) groups excluding carboxylic acids is 1. The van der Waals surface area contributed by atoms with Crippen LogP contribution in [0.3, 0.4) is 0 Å². The summed E-state index contributed by atoms with van der Waals surface area (Å²) in [5.74, 6) is 0.205. The van der Waals surface area contributed by atoms with Crippen LogP contribution in [-0.2, 0) is 4.79 Å². The smallest absolute Gasteiger partial charge is 0.219 e. The number of nitrogens with zero attached hydrogens (tertiary/aromatic N) is 3. The van der Waals surface area contributed by atoms with Gasteiger partial charge < -0.3 is 14.9 Å². The molecule has 0 saturated carbocycles. The Morgan fingerprint density at radius 3 is 2.40 bits per heavy atom. The molecule has 4 rings (SSSR count). The third kappa shape index (κ3) is 4.24. The molecular weight excluding hydrogens is 374 g/mol. The predicted octanol–water partition coefficient (Wildman–Crippen LogP) is 3.58. The molecule has 5 heteroatoms. The lowest BCUT2D eigenvalue weighted by Gasteiger charge is -2.54. The molecule has 3 aliphatic rings. The topological polar surface area (TPSA) is 47.0 Å². The Bertz CT molecular complexity index is 741. The first kappa shape index (κ1) is 21.6. The van der Waals surface area contributed by atoms with Crippen molar-refractivity contribution in [2.75, 3.05) is 37.6 Å². The van der Waals surface area contributed by atoms with Crippen LogP contribution in [0.1, 0.15) is 64.4 Å². The summed E-state index contributed by atoms with van der Waals surface area (Å²) in [4.78, 5) is 19.5. The molecule has 3 aliphatic heterocycles. The van der Waals surface area contributed by atoms with Crippen molar-refractivity contribution in [3.8, 4) is 0 Å². The number of β-amino-alcohol motifs (C(OH)–C–C–N with tert-alkyl or cyclic N) is 1. The van der Waals surface area contributed by atoms with E-state index >= 15 is 0 Å². The minimum absolute atomic E-state index is 0.0977. The Morgan fingerprint density at radius 2 is 1.73 bits per heavy atom. The van der Waals surface area contributed by atoms with Crippen molar-refractivity contribution in [2.24, 2.45) is 0 Å². The van der Waals surface area contributed by atoms with E-state index in [1.165, 1.54) is 17.7 Å². The normalized spacial score (nSPS) is 29.9. The van der Waals surface area contributed by atoms with E-state index in [2.05, 4.69) is 52.8 Å². The van der Waals surface area contributed by atoms with Crippen LogP contribution in [0, 0.1) is 6.92 Å². The second-order valence-corrected chi connectivity index (χ2v) is 10.2. The minimum atomic E-state index is -0.632. The van der Waals surface area contributed by atoms with E-state index in [1.54, 1.807) is 6.92 Å². The highest BCUT2D eigenvalue weighted by molar-refractivity contribution is 5.74. The second kappa shape index (κ2) is 8.51. The molecule has 166 valence electrons. The number of aryl methyl sites for hydroxylation is 1. The van der Waals surface area contributed by atoms with Crippen LogP contribution >= 0.6 is 0 Å². The van der Waals surface area contributed by atoms with Crippen LogP contribution < -0.4 is 4.90 Å². The lowest BCUT2D eigenvalue weighted by molar-refractivity contribution is -0.141. The lowest BCUT2D eigenvalue weighted by Crippen LogP contribution is -2.66. The summed E-state index contributed by atoms with van der Waals surface area (Å²) in [5.41, 5.74) is 1.81. The standard InChI is InChI=1S/C25H39N3O2/c1-20-8-10-22(11-9-20)26-17-13-25(30,14-18-26)19-27-15-6-12-24(3)23(27)7-4-5-16-28(24)21(2)29/h8-11,23,30H,4-7,12-19H2,1-3H3/t23-,24+/m1/s1. The Labute approximate surface area is 182 Å². The fourth-order valence-electron chi connectivity index (χ4n) is 6.21. The van der Waals surface area contributed by atoms with Crippen molar-refractivity contribution in [3.63, 3.8) is 0 Å². The van der Waals surface area contributed by atoms with Gasteiger partial charge in [-0.15, -0.1) is 0 Å². The summed E-state index contributed by atoms with van der Waals surface area (Å²) in [5, 5.41) is 11.5. The van der Waals surface area contributed by atoms with E-state index < -0.39 is 5.60 Å². The number of aliphatic hydroxyl groups is 1. The SMILES string of the molecule is CC(=O)N1CCCC[C@H]2N(CC3(O)CCN(c4ccc(C)cc4)CC3)CCC[C@@]21C. The van der Waals surface area contributed by atoms with Crippen molar-refractivity contribution in [3.05, 3.63) is 29.8 Å². The van der Waals surface area contributed by atoms with E-state index in [0.29, 0.717) is 6.04 Å². The quantitative estimate of drug-likeness (QED) is 0.823. The molecule has 0 aromatic heterocycles. The van der Waals surface area contributed by atoms with Crippen LogP contribution in [0.5, 0.6) is 0 Å². The van der Waals surface area contributed by atoms with Gasteiger partial charge in [-0.2, -0.15) is 0 Å². The van der Waals surface area contributed by atoms with Gasteiger partial charge in [-0.1, -0.05) is 24.1 Å². The van der Waals surface area contributed by atoms with E-state index in [4.69, 9.17) is 0 Å². The molecule has 3 fully saturated rings. The summed E-state index contributed by atoms with van der Waals surface area (Å²) in [7, 11) is 0. The maximum absolute atomic E-state index is 12.4. The molecule has 1 aromatic rings. The first-order chi connectivity index (χ1) is 14.3. The van der Waals surface area contributed by atoms with E-state index in [1.807, 2.05) is 0 Å². The molecule has 1 N–H and O–H groups in total. The van der Waals surface area contributed by atoms with Crippen LogP contribution in [-0.4, -0.2) is 70.7 Å². The Balaban J connectivity index is 1.44. The molecule has 30 heavy (non-hydrogen) atoms. The first-order valence-electron chi connectivity index (χ1n) is 11.9. The Kier molecular flexibility index (Phi) is 6.13. The first-order valence-corrected chi connectivity index (χ1v) is 11.9. The molecule has 3 heterocycles. The second-order valence-electron chi connectivity index (χ2n) is 10.2. The van der Waals surface area contributed by atoms with Crippen LogP contribution in [0.15, 0.2) is 24.3 Å². The highest BCUT2D eigenvalue weighted by Crippen LogP contribution is 2.40. The van der Waals surface area contributed by atoms with Gasteiger partial charge in [-0.05, 0) is 71.0 Å². The van der Waals surface area contributed by atoms with Crippen molar-refractivity contribution < 1.29 is 9.90 Å². The molecule has 0 bridgehead atoms. The largest absolute Gasteiger partial charge is 0.388 e. The van der Waals surface area contributed by atoms with Crippen LogP contribution in [0.4, 0.5) is 5.69 Å². The van der Waals surface area contributed by atoms with Crippen molar-refractivity contribution in [1.29, 1.82) is 0 Å². The van der Waals surface area contributed by atoms with Gasteiger partial charge in [-0.3, -0.25) is 9.69 Å². The monoisotopic (exact) mass is 413 g/mol. The van der Waals surface area contributed by atoms with E-state index in [9.17, 15) is 9.90 Å². The van der Waals surface area contributed by atoms with Crippen molar-refractivity contribution >= 4 is 11.6 Å². The summed E-state index contributed by atoms with van der Waals surface area (Å²) in [6, 6.07) is 9.07. The Morgan fingerprint density at radius 1 is 1.03 bits per heavy atom. The van der Waals surface area contributed by atoms with Gasteiger partial charge in [0.05, 0.1) is 11.1 Å². The maximum atomic E-state index is 12.4. The number of anilines is 1. The van der Waals surface area contributed by atoms with Crippen molar-refractivity contribution in [2.45, 2.75) is 82.9 Å². The number of carbonyl (C=O) groups is 1. The molecule has 0 radical (unpaired) electrons. The highest BCUT2D eigenvalue weighted by Gasteiger charge is 2.48. The van der Waals surface area contributed by atoms with Gasteiger partial charge in [0.1, 0.15) is 0 Å². The molecule has 3 saturated heterocycles. The molecular formula is C25H39N3O2. The average molecular weight is 414 g/mol. The zero-order valence-electron chi connectivity index (χ0n) is 19.1. The van der Waals surface area contributed by atoms with Gasteiger partial charge in [0.2, 0.25) is 5.91 Å². The third-order valence-corrected chi connectivity index (χ3v) is 7.98.